The normalized spacial score (nSPS) is 12.0. The van der Waals surface area contributed by atoms with E-state index in [-0.39, 0.29) is 11.9 Å². The second-order valence-corrected chi connectivity index (χ2v) is 5.77. The average Bonchev–Trinajstić information content (AvgIpc) is 2.48. The van der Waals surface area contributed by atoms with Crippen LogP contribution in [0.5, 0.6) is 0 Å². The molecule has 4 heteroatoms. The van der Waals surface area contributed by atoms with Gasteiger partial charge in [-0.3, -0.25) is 4.79 Å². The fraction of sp³-hybridized carbons (Fsp3) is 0.235. The van der Waals surface area contributed by atoms with Gasteiger partial charge in [-0.25, -0.2) is 0 Å². The Morgan fingerprint density at radius 3 is 2.57 bits per heavy atom. The summed E-state index contributed by atoms with van der Waals surface area (Å²) < 4.78 is 0.994. The first-order valence-corrected chi connectivity index (χ1v) is 7.76. The van der Waals surface area contributed by atoms with Crippen molar-refractivity contribution >= 4 is 21.8 Å². The molecule has 1 atom stereocenters. The molecule has 0 unspecified atom stereocenters. The summed E-state index contributed by atoms with van der Waals surface area (Å²) in [6.45, 7) is 2.51. The van der Waals surface area contributed by atoms with Gasteiger partial charge in [-0.05, 0) is 43.1 Å². The number of nitrogens with two attached hydrogens (primary N) is 1. The lowest BCUT2D eigenvalue weighted by atomic mass is 10.0. The van der Waals surface area contributed by atoms with Gasteiger partial charge in [0.25, 0.3) is 5.91 Å². The first-order valence-electron chi connectivity index (χ1n) is 6.96. The zero-order chi connectivity index (χ0) is 15.2. The van der Waals surface area contributed by atoms with Crippen molar-refractivity contribution in [2.24, 2.45) is 5.73 Å². The molecule has 110 valence electrons. The monoisotopic (exact) mass is 346 g/mol. The summed E-state index contributed by atoms with van der Waals surface area (Å²) >= 11 is 3.51. The minimum absolute atomic E-state index is 0.0673. The molecule has 21 heavy (non-hydrogen) atoms. The van der Waals surface area contributed by atoms with E-state index in [0.29, 0.717) is 18.5 Å². The summed E-state index contributed by atoms with van der Waals surface area (Å²) in [5, 5.41) is 3.04. The van der Waals surface area contributed by atoms with E-state index >= 15 is 0 Å². The third kappa shape index (κ3) is 3.93. The second kappa shape index (κ2) is 7.38. The van der Waals surface area contributed by atoms with Gasteiger partial charge in [0.05, 0.1) is 6.04 Å². The molecule has 0 fully saturated rings. The van der Waals surface area contributed by atoms with Crippen LogP contribution in [0.4, 0.5) is 0 Å². The summed E-state index contributed by atoms with van der Waals surface area (Å²) in [5.74, 6) is -0.0673. The molecule has 0 saturated heterocycles. The van der Waals surface area contributed by atoms with Crippen LogP contribution in [0, 0.1) is 0 Å². The SMILES string of the molecule is C[C@@H](NC(=O)c1ccccc1CCN)c1ccccc1Br. The highest BCUT2D eigenvalue weighted by Crippen LogP contribution is 2.23. The summed E-state index contributed by atoms with van der Waals surface area (Å²) in [5.41, 5.74) is 8.34. The maximum Gasteiger partial charge on any atom is 0.252 e. The third-order valence-electron chi connectivity index (χ3n) is 3.39. The minimum Gasteiger partial charge on any atom is -0.345 e. The van der Waals surface area contributed by atoms with Gasteiger partial charge >= 0.3 is 0 Å². The predicted molar refractivity (Wildman–Crippen MR) is 89.2 cm³/mol. The maximum atomic E-state index is 12.5. The molecule has 0 aromatic heterocycles. The Morgan fingerprint density at radius 1 is 1.19 bits per heavy atom. The highest BCUT2D eigenvalue weighted by atomic mass is 79.9. The highest BCUT2D eigenvalue weighted by molar-refractivity contribution is 9.10. The van der Waals surface area contributed by atoms with E-state index in [1.165, 1.54) is 0 Å². The predicted octanol–water partition coefficient (Wildman–Crippen LogP) is 3.44. The molecule has 0 aliphatic carbocycles. The van der Waals surface area contributed by atoms with E-state index in [9.17, 15) is 4.79 Å². The number of hydrogen-bond donors (Lipinski definition) is 2. The Balaban J connectivity index is 2.17. The molecule has 2 aromatic rings. The summed E-state index contributed by atoms with van der Waals surface area (Å²) in [7, 11) is 0. The lowest BCUT2D eigenvalue weighted by Gasteiger charge is -2.17. The highest BCUT2D eigenvalue weighted by Gasteiger charge is 2.15. The summed E-state index contributed by atoms with van der Waals surface area (Å²) in [6, 6.07) is 15.4. The van der Waals surface area contributed by atoms with Crippen LogP contribution in [0.15, 0.2) is 53.0 Å². The van der Waals surface area contributed by atoms with Gasteiger partial charge in [0.15, 0.2) is 0 Å². The molecule has 3 nitrogen and oxygen atoms in total. The van der Waals surface area contributed by atoms with E-state index in [1.807, 2.05) is 55.5 Å². The van der Waals surface area contributed by atoms with E-state index in [2.05, 4.69) is 21.2 Å². The Hall–Kier alpha value is -1.65. The van der Waals surface area contributed by atoms with E-state index in [0.717, 1.165) is 15.6 Å². The fourth-order valence-corrected chi connectivity index (χ4v) is 2.92. The van der Waals surface area contributed by atoms with Crippen molar-refractivity contribution in [2.45, 2.75) is 19.4 Å². The third-order valence-corrected chi connectivity index (χ3v) is 4.12. The number of carbonyl (C=O) groups excluding carboxylic acids is 1. The first-order chi connectivity index (χ1) is 10.1. The lowest BCUT2D eigenvalue weighted by molar-refractivity contribution is 0.0939. The quantitative estimate of drug-likeness (QED) is 0.871. The van der Waals surface area contributed by atoms with Crippen molar-refractivity contribution in [1.29, 1.82) is 0 Å². The standard InChI is InChI=1S/C17H19BrN2O/c1-12(14-7-4-5-9-16(14)18)20-17(21)15-8-3-2-6-13(15)10-11-19/h2-9,12H,10-11,19H2,1H3,(H,20,21)/t12-/m1/s1. The van der Waals surface area contributed by atoms with Crippen LogP contribution >= 0.6 is 15.9 Å². The number of rotatable bonds is 5. The van der Waals surface area contributed by atoms with Crippen LogP contribution in [0.25, 0.3) is 0 Å². The van der Waals surface area contributed by atoms with Crippen LogP contribution in [0.2, 0.25) is 0 Å². The van der Waals surface area contributed by atoms with Crippen LogP contribution < -0.4 is 11.1 Å². The molecule has 0 spiro atoms. The zero-order valence-electron chi connectivity index (χ0n) is 12.0. The maximum absolute atomic E-state index is 12.5. The van der Waals surface area contributed by atoms with Crippen LogP contribution in [0.1, 0.15) is 34.5 Å². The molecule has 0 saturated carbocycles. The topological polar surface area (TPSA) is 55.1 Å². The number of halogens is 1. The molecular formula is C17H19BrN2O. The molecule has 0 aliphatic rings. The largest absolute Gasteiger partial charge is 0.345 e. The molecule has 3 N–H and O–H groups in total. The molecule has 0 aliphatic heterocycles. The van der Waals surface area contributed by atoms with E-state index in [4.69, 9.17) is 5.73 Å². The summed E-state index contributed by atoms with van der Waals surface area (Å²) in [4.78, 5) is 12.5. The number of hydrogen-bond acceptors (Lipinski definition) is 2. The van der Waals surface area contributed by atoms with Crippen molar-refractivity contribution in [3.05, 3.63) is 69.7 Å². The zero-order valence-corrected chi connectivity index (χ0v) is 13.6. The summed E-state index contributed by atoms with van der Waals surface area (Å²) in [6.07, 6.45) is 0.701. The molecule has 1 amide bonds. The van der Waals surface area contributed by atoms with Crippen LogP contribution in [-0.4, -0.2) is 12.5 Å². The van der Waals surface area contributed by atoms with E-state index in [1.54, 1.807) is 0 Å². The van der Waals surface area contributed by atoms with Crippen molar-refractivity contribution < 1.29 is 4.79 Å². The number of amides is 1. The molecule has 0 bridgehead atoms. The number of carbonyl (C=O) groups is 1. The van der Waals surface area contributed by atoms with Gasteiger partial charge in [-0.1, -0.05) is 52.3 Å². The van der Waals surface area contributed by atoms with E-state index < -0.39 is 0 Å². The number of nitrogens with one attached hydrogen (secondary N) is 1. The average molecular weight is 347 g/mol. The van der Waals surface area contributed by atoms with Crippen molar-refractivity contribution in [3.63, 3.8) is 0 Å². The number of benzene rings is 2. The molecule has 0 heterocycles. The smallest absolute Gasteiger partial charge is 0.252 e. The van der Waals surface area contributed by atoms with Gasteiger partial charge in [-0.15, -0.1) is 0 Å². The minimum atomic E-state index is -0.0704. The van der Waals surface area contributed by atoms with Gasteiger partial charge in [-0.2, -0.15) is 0 Å². The van der Waals surface area contributed by atoms with Gasteiger partial charge in [0.1, 0.15) is 0 Å². The second-order valence-electron chi connectivity index (χ2n) is 4.91. The molecular weight excluding hydrogens is 328 g/mol. The van der Waals surface area contributed by atoms with Crippen molar-refractivity contribution in [1.82, 2.24) is 5.32 Å². The Kier molecular flexibility index (Phi) is 5.53. The Bertz CT molecular complexity index is 628. The molecule has 2 aromatic carbocycles. The van der Waals surface area contributed by atoms with Gasteiger partial charge in [0, 0.05) is 10.0 Å². The molecule has 2 rings (SSSR count). The Morgan fingerprint density at radius 2 is 1.86 bits per heavy atom. The lowest BCUT2D eigenvalue weighted by Crippen LogP contribution is -2.28. The molecule has 0 radical (unpaired) electrons. The van der Waals surface area contributed by atoms with Crippen LogP contribution in [0.3, 0.4) is 0 Å². The van der Waals surface area contributed by atoms with Gasteiger partial charge < -0.3 is 11.1 Å². The fourth-order valence-electron chi connectivity index (χ4n) is 2.29. The Labute approximate surface area is 133 Å². The van der Waals surface area contributed by atoms with Crippen LogP contribution in [-0.2, 0) is 6.42 Å². The van der Waals surface area contributed by atoms with Gasteiger partial charge in [0.2, 0.25) is 0 Å². The van der Waals surface area contributed by atoms with Crippen molar-refractivity contribution in [3.8, 4) is 0 Å². The van der Waals surface area contributed by atoms with Crippen molar-refractivity contribution in [2.75, 3.05) is 6.54 Å². The first kappa shape index (κ1) is 15.7.